The second kappa shape index (κ2) is 2.96. The molecule has 0 fully saturated rings. The number of H-pyrrole nitrogens is 1. The number of rotatable bonds is 1. The molecule has 0 saturated carbocycles. The molecule has 4 heteroatoms. The van der Waals surface area contributed by atoms with Crippen LogP contribution >= 0.6 is 0 Å². The summed E-state index contributed by atoms with van der Waals surface area (Å²) in [6.07, 6.45) is 1.57. The van der Waals surface area contributed by atoms with E-state index in [-0.39, 0.29) is 5.78 Å². The van der Waals surface area contributed by atoms with E-state index >= 15 is 0 Å². The van der Waals surface area contributed by atoms with E-state index in [1.807, 2.05) is 6.07 Å². The van der Waals surface area contributed by atoms with Gasteiger partial charge in [0, 0.05) is 18.7 Å². The standard InChI is InChI=1S/C10H7N3O/c1-6(14)9-3-8-2-7(4-11)5-12-10(8)13-9/h2-3,5H,1H3,(H,12,13). The van der Waals surface area contributed by atoms with E-state index in [9.17, 15) is 4.79 Å². The maximum Gasteiger partial charge on any atom is 0.178 e. The Morgan fingerprint density at radius 2 is 2.36 bits per heavy atom. The molecule has 4 nitrogen and oxygen atoms in total. The molecule has 0 unspecified atom stereocenters. The van der Waals surface area contributed by atoms with Crippen molar-refractivity contribution in [2.24, 2.45) is 0 Å². The molecule has 0 bridgehead atoms. The van der Waals surface area contributed by atoms with Crippen LogP contribution in [0.1, 0.15) is 23.0 Å². The minimum absolute atomic E-state index is 0.0758. The number of aromatic amines is 1. The van der Waals surface area contributed by atoms with Crippen molar-refractivity contribution in [2.75, 3.05) is 0 Å². The molecule has 2 rings (SSSR count). The lowest BCUT2D eigenvalue weighted by molar-refractivity contribution is 0.101. The highest BCUT2D eigenvalue weighted by molar-refractivity contribution is 5.94. The zero-order valence-electron chi connectivity index (χ0n) is 7.53. The third-order valence-corrected chi connectivity index (χ3v) is 1.96. The van der Waals surface area contributed by atoms with Crippen LogP contribution in [-0.4, -0.2) is 15.8 Å². The predicted molar refractivity (Wildman–Crippen MR) is 49.9 cm³/mol. The molecule has 0 atom stereocenters. The largest absolute Gasteiger partial charge is 0.345 e. The number of hydrogen-bond donors (Lipinski definition) is 1. The molecule has 0 amide bonds. The van der Waals surface area contributed by atoms with Gasteiger partial charge in [0.05, 0.1) is 5.56 Å². The highest BCUT2D eigenvalue weighted by Gasteiger charge is 2.11. The molecule has 0 aromatic heterocycles. The van der Waals surface area contributed by atoms with Gasteiger partial charge in [-0.15, -0.1) is 0 Å². The highest BCUT2D eigenvalue weighted by atomic mass is 16.1. The van der Waals surface area contributed by atoms with E-state index in [1.165, 1.54) is 6.92 Å². The molecule has 0 spiro atoms. The van der Waals surface area contributed by atoms with Gasteiger partial charge in [-0.25, -0.2) is 4.98 Å². The maximum absolute atomic E-state index is 11.0. The Labute approximate surface area is 80.5 Å². The monoisotopic (exact) mass is 185 g/mol. The number of nitrogens with one attached hydrogen (secondary N) is 1. The van der Waals surface area contributed by atoms with Crippen LogP contribution in [0.2, 0.25) is 0 Å². The summed E-state index contributed by atoms with van der Waals surface area (Å²) in [5.41, 5.74) is 1.74. The van der Waals surface area contributed by atoms with Gasteiger partial charge in [0.1, 0.15) is 17.6 Å². The van der Waals surface area contributed by atoms with Crippen molar-refractivity contribution < 1.29 is 4.79 Å². The van der Waals surface area contributed by atoms with Crippen LogP contribution in [0.5, 0.6) is 0 Å². The molecule has 1 N–H and O–H groups in total. The normalized spacial score (nSPS) is 10.0. The first-order valence-electron chi connectivity index (χ1n) is 4.11. The molecule has 0 aliphatic carbocycles. The van der Waals surface area contributed by atoms with Crippen LogP contribution in [0.4, 0.5) is 0 Å². The van der Waals surface area contributed by atoms with Crippen molar-refractivity contribution in [1.82, 2.24) is 9.97 Å². The Hall–Kier alpha value is -2.15. The Morgan fingerprint density at radius 1 is 1.57 bits per heavy atom. The fourth-order valence-corrected chi connectivity index (χ4v) is 1.26. The molecule has 0 radical (unpaired) electrons. The van der Waals surface area contributed by atoms with E-state index in [4.69, 9.17) is 5.26 Å². The minimum atomic E-state index is -0.0758. The first-order valence-corrected chi connectivity index (χ1v) is 4.11. The average molecular weight is 185 g/mol. The molecular weight excluding hydrogens is 178 g/mol. The SMILES string of the molecule is CC(=O)c1cc2cc(C#N)c[nH]c-2n1. The van der Waals surface area contributed by atoms with E-state index in [1.54, 1.807) is 18.3 Å². The zero-order valence-corrected chi connectivity index (χ0v) is 7.53. The maximum atomic E-state index is 11.0. The molecule has 2 heterocycles. The minimum Gasteiger partial charge on any atom is -0.345 e. The van der Waals surface area contributed by atoms with Gasteiger partial charge in [0.2, 0.25) is 0 Å². The Kier molecular flexibility index (Phi) is 1.79. The van der Waals surface area contributed by atoms with Crippen LogP contribution in [0, 0.1) is 11.3 Å². The lowest BCUT2D eigenvalue weighted by atomic mass is 10.2. The van der Waals surface area contributed by atoms with Crippen molar-refractivity contribution >= 4 is 5.78 Å². The van der Waals surface area contributed by atoms with Crippen molar-refractivity contribution in [3.8, 4) is 17.5 Å². The number of nitrogens with zero attached hydrogens (tertiary/aromatic N) is 2. The topological polar surface area (TPSA) is 69.5 Å². The van der Waals surface area contributed by atoms with E-state index < -0.39 is 0 Å². The van der Waals surface area contributed by atoms with Crippen LogP contribution < -0.4 is 0 Å². The van der Waals surface area contributed by atoms with E-state index in [2.05, 4.69) is 9.97 Å². The Morgan fingerprint density at radius 3 is 3.00 bits per heavy atom. The molecule has 0 aromatic carbocycles. The molecule has 0 aromatic rings. The summed E-state index contributed by atoms with van der Waals surface area (Å²) in [5.74, 6) is 0.558. The fraction of sp³-hybridized carbons (Fsp3) is 0.100. The quantitative estimate of drug-likeness (QED) is 0.686. The molecule has 0 saturated heterocycles. The number of carbonyl (C=O) groups is 1. The van der Waals surface area contributed by atoms with Crippen LogP contribution in [0.25, 0.3) is 11.4 Å². The summed E-state index contributed by atoms with van der Waals surface area (Å²) >= 11 is 0. The summed E-state index contributed by atoms with van der Waals surface area (Å²) in [7, 11) is 0. The van der Waals surface area contributed by atoms with Gasteiger partial charge in [0.15, 0.2) is 5.78 Å². The second-order valence-corrected chi connectivity index (χ2v) is 3.00. The van der Waals surface area contributed by atoms with Crippen LogP contribution in [0.15, 0.2) is 18.3 Å². The van der Waals surface area contributed by atoms with Gasteiger partial charge in [-0.05, 0) is 12.1 Å². The average Bonchev–Trinajstić information content (AvgIpc) is 2.59. The third-order valence-electron chi connectivity index (χ3n) is 1.96. The van der Waals surface area contributed by atoms with E-state index in [0.29, 0.717) is 17.1 Å². The number of aromatic nitrogens is 2. The number of hydrogen-bond acceptors (Lipinski definition) is 3. The summed E-state index contributed by atoms with van der Waals surface area (Å²) in [5, 5.41) is 8.66. The van der Waals surface area contributed by atoms with Gasteiger partial charge in [-0.1, -0.05) is 0 Å². The summed E-state index contributed by atoms with van der Waals surface area (Å²) < 4.78 is 0. The molecule has 68 valence electrons. The smallest absolute Gasteiger partial charge is 0.178 e. The number of nitriles is 1. The highest BCUT2D eigenvalue weighted by Crippen LogP contribution is 2.21. The van der Waals surface area contributed by atoms with Crippen molar-refractivity contribution in [3.05, 3.63) is 29.6 Å². The summed E-state index contributed by atoms with van der Waals surface area (Å²) in [6.45, 7) is 1.46. The third kappa shape index (κ3) is 1.25. The van der Waals surface area contributed by atoms with Gasteiger partial charge >= 0.3 is 0 Å². The first-order chi connectivity index (χ1) is 6.70. The number of Topliss-reactive ketones (excluding diaryl/α,β-unsaturated/α-hetero) is 1. The molecule has 2 aliphatic rings. The number of carbonyl (C=O) groups excluding carboxylic acids is 1. The number of ketones is 1. The van der Waals surface area contributed by atoms with Gasteiger partial charge in [-0.3, -0.25) is 4.79 Å². The van der Waals surface area contributed by atoms with Crippen LogP contribution in [0.3, 0.4) is 0 Å². The summed E-state index contributed by atoms with van der Waals surface area (Å²) in [6, 6.07) is 5.39. The van der Waals surface area contributed by atoms with Gasteiger partial charge < -0.3 is 4.98 Å². The second-order valence-electron chi connectivity index (χ2n) is 3.00. The fourth-order valence-electron chi connectivity index (χ4n) is 1.26. The van der Waals surface area contributed by atoms with Gasteiger partial charge in [-0.2, -0.15) is 5.26 Å². The van der Waals surface area contributed by atoms with Crippen molar-refractivity contribution in [3.63, 3.8) is 0 Å². The van der Waals surface area contributed by atoms with Crippen molar-refractivity contribution in [1.29, 1.82) is 5.26 Å². The molecule has 2 aliphatic heterocycles. The van der Waals surface area contributed by atoms with Gasteiger partial charge in [0.25, 0.3) is 0 Å². The zero-order chi connectivity index (χ0) is 10.1. The Balaban J connectivity index is 2.62. The van der Waals surface area contributed by atoms with Crippen molar-refractivity contribution in [2.45, 2.75) is 6.92 Å². The number of pyridine rings is 1. The van der Waals surface area contributed by atoms with E-state index in [0.717, 1.165) is 5.56 Å². The Bertz CT molecular complexity index is 507. The predicted octanol–water partition coefficient (Wildman–Crippen LogP) is 1.59. The lowest BCUT2D eigenvalue weighted by Gasteiger charge is -1.95. The molecular formula is C10H7N3O. The summed E-state index contributed by atoms with van der Waals surface area (Å²) in [4.78, 5) is 18.0. The van der Waals surface area contributed by atoms with Crippen LogP contribution in [-0.2, 0) is 0 Å². The number of fused-ring (bicyclic) bond motifs is 1. The lowest BCUT2D eigenvalue weighted by Crippen LogP contribution is -1.90. The first kappa shape index (κ1) is 8.45. The molecule has 14 heavy (non-hydrogen) atoms.